The molecule has 0 aliphatic carbocycles. The van der Waals surface area contributed by atoms with Gasteiger partial charge in [-0.05, 0) is 54.1 Å². The highest BCUT2D eigenvalue weighted by Gasteiger charge is 2.18. The molecule has 0 amide bonds. The molecule has 0 unspecified atom stereocenters. The Morgan fingerprint density at radius 2 is 1.68 bits per heavy atom. The second-order valence-corrected chi connectivity index (χ2v) is 8.15. The van der Waals surface area contributed by atoms with Crippen LogP contribution in [0.4, 0.5) is 10.1 Å². The topological polar surface area (TPSA) is 64.6 Å². The molecule has 0 spiro atoms. The fourth-order valence-corrected chi connectivity index (χ4v) is 3.39. The average Bonchev–Trinajstić information content (AvgIpc) is 2.63. The minimum Gasteiger partial charge on any atom is -0.496 e. The Bertz CT molecular complexity index is 1100. The minimum absolute atomic E-state index is 0.000372. The van der Waals surface area contributed by atoms with Crippen LogP contribution >= 0.6 is 11.6 Å². The first-order valence-corrected chi connectivity index (χ1v) is 10.4. The predicted octanol–water partition coefficient (Wildman–Crippen LogP) is 5.32. The molecule has 146 valence electrons. The molecule has 0 fully saturated rings. The van der Waals surface area contributed by atoms with E-state index in [2.05, 4.69) is 4.72 Å². The maximum atomic E-state index is 15.2. The molecule has 3 aromatic carbocycles. The van der Waals surface area contributed by atoms with E-state index in [1.54, 1.807) is 30.3 Å². The summed E-state index contributed by atoms with van der Waals surface area (Å²) in [4.78, 5) is 0. The molecule has 0 aliphatic rings. The summed E-state index contributed by atoms with van der Waals surface area (Å²) in [6, 6.07) is 16.0. The molecule has 0 heterocycles. The molecule has 8 heteroatoms. The summed E-state index contributed by atoms with van der Waals surface area (Å²) in [5, 5.41) is 0.472. The van der Waals surface area contributed by atoms with E-state index in [1.165, 1.54) is 37.4 Å². The van der Waals surface area contributed by atoms with Crippen molar-refractivity contribution in [1.82, 2.24) is 0 Å². The average molecular weight is 422 g/mol. The summed E-state index contributed by atoms with van der Waals surface area (Å²) in [5.74, 6) is 0.0968. The Morgan fingerprint density at radius 3 is 2.29 bits per heavy atom. The van der Waals surface area contributed by atoms with Crippen LogP contribution in [0.5, 0.6) is 17.2 Å². The molecule has 0 aliphatic heterocycles. The van der Waals surface area contributed by atoms with Crippen molar-refractivity contribution in [2.45, 2.75) is 0 Å². The highest BCUT2D eigenvalue weighted by molar-refractivity contribution is 7.92. The Kier molecular flexibility index (Phi) is 5.76. The Hall–Kier alpha value is -2.77. The number of hydrogen-bond acceptors (Lipinski definition) is 4. The van der Waals surface area contributed by atoms with Crippen molar-refractivity contribution in [3.63, 3.8) is 0 Å². The Labute approximate surface area is 167 Å². The molecule has 0 aromatic heterocycles. The zero-order chi connectivity index (χ0) is 20.3. The lowest BCUT2D eigenvalue weighted by atomic mass is 10.0. The van der Waals surface area contributed by atoms with Gasteiger partial charge in [0.1, 0.15) is 11.5 Å². The third-order valence-corrected chi connectivity index (χ3v) is 4.63. The van der Waals surface area contributed by atoms with Crippen LogP contribution in [0.1, 0.15) is 0 Å². The largest absolute Gasteiger partial charge is 0.496 e. The van der Waals surface area contributed by atoms with Gasteiger partial charge in [-0.3, -0.25) is 4.72 Å². The van der Waals surface area contributed by atoms with Crippen molar-refractivity contribution in [3.05, 3.63) is 71.5 Å². The number of rotatable bonds is 6. The number of methoxy groups -OCH3 is 1. The number of anilines is 1. The van der Waals surface area contributed by atoms with Crippen molar-refractivity contribution in [3.8, 4) is 28.4 Å². The van der Waals surface area contributed by atoms with Gasteiger partial charge in [-0.25, -0.2) is 12.8 Å². The van der Waals surface area contributed by atoms with E-state index in [4.69, 9.17) is 21.1 Å². The van der Waals surface area contributed by atoms with Crippen LogP contribution in [0.15, 0.2) is 60.7 Å². The van der Waals surface area contributed by atoms with Crippen molar-refractivity contribution < 1.29 is 22.3 Å². The van der Waals surface area contributed by atoms with Gasteiger partial charge in [0.05, 0.1) is 18.9 Å². The fourth-order valence-electron chi connectivity index (χ4n) is 2.63. The number of benzene rings is 3. The first kappa shape index (κ1) is 20.0. The van der Waals surface area contributed by atoms with E-state index in [1.807, 2.05) is 0 Å². The minimum atomic E-state index is -3.38. The molecule has 28 heavy (non-hydrogen) atoms. The van der Waals surface area contributed by atoms with Crippen LogP contribution in [0.25, 0.3) is 11.1 Å². The van der Waals surface area contributed by atoms with E-state index in [0.717, 1.165) is 6.26 Å². The van der Waals surface area contributed by atoms with Crippen molar-refractivity contribution in [2.75, 3.05) is 18.1 Å². The molecular weight excluding hydrogens is 405 g/mol. The van der Waals surface area contributed by atoms with Crippen LogP contribution in [0, 0.1) is 5.82 Å². The maximum Gasteiger partial charge on any atom is 0.229 e. The monoisotopic (exact) mass is 421 g/mol. The second-order valence-electron chi connectivity index (χ2n) is 5.97. The smallest absolute Gasteiger partial charge is 0.229 e. The molecular formula is C20H17ClFNO4S. The Morgan fingerprint density at radius 1 is 1.00 bits per heavy atom. The predicted molar refractivity (Wildman–Crippen MR) is 108 cm³/mol. The molecule has 0 atom stereocenters. The summed E-state index contributed by atoms with van der Waals surface area (Å²) in [6.45, 7) is 0. The van der Waals surface area contributed by atoms with Gasteiger partial charge in [-0.1, -0.05) is 23.7 Å². The van der Waals surface area contributed by atoms with E-state index < -0.39 is 15.8 Å². The van der Waals surface area contributed by atoms with Gasteiger partial charge in [-0.2, -0.15) is 0 Å². The van der Waals surface area contributed by atoms with Gasteiger partial charge in [-0.15, -0.1) is 0 Å². The first-order chi connectivity index (χ1) is 13.3. The highest BCUT2D eigenvalue weighted by atomic mass is 35.5. The van der Waals surface area contributed by atoms with Gasteiger partial charge < -0.3 is 9.47 Å². The molecule has 0 saturated carbocycles. The van der Waals surface area contributed by atoms with Crippen LogP contribution in [0.2, 0.25) is 5.02 Å². The first-order valence-electron chi connectivity index (χ1n) is 8.15. The fraction of sp³-hybridized carbons (Fsp3) is 0.100. The molecule has 1 N–H and O–H groups in total. The maximum absolute atomic E-state index is 15.2. The molecule has 3 aromatic rings. The summed E-state index contributed by atoms with van der Waals surface area (Å²) >= 11 is 6.03. The quantitative estimate of drug-likeness (QED) is 0.585. The highest BCUT2D eigenvalue weighted by Crippen LogP contribution is 2.39. The SMILES string of the molecule is COc1ccc(Oc2ccc(NS(C)(=O)=O)cc2)c(F)c1-c1cccc(Cl)c1. The summed E-state index contributed by atoms with van der Waals surface area (Å²) in [5.41, 5.74) is 1.17. The van der Waals surface area contributed by atoms with E-state index >= 15 is 4.39 Å². The van der Waals surface area contributed by atoms with Gasteiger partial charge in [0.2, 0.25) is 10.0 Å². The lowest BCUT2D eigenvalue weighted by Gasteiger charge is -2.14. The van der Waals surface area contributed by atoms with E-state index in [0.29, 0.717) is 27.8 Å². The van der Waals surface area contributed by atoms with Crippen LogP contribution < -0.4 is 14.2 Å². The number of halogens is 2. The standard InChI is InChI=1S/C20H17ClFNO4S/c1-26-17-10-11-18(20(22)19(17)13-4-3-5-14(21)12-13)27-16-8-6-15(7-9-16)23-28(2,24)25/h3-12,23H,1-2H3. The molecule has 5 nitrogen and oxygen atoms in total. The molecule has 0 saturated heterocycles. The third kappa shape index (κ3) is 4.74. The molecule has 0 radical (unpaired) electrons. The van der Waals surface area contributed by atoms with Crippen molar-refractivity contribution in [1.29, 1.82) is 0 Å². The number of nitrogens with one attached hydrogen (secondary N) is 1. The van der Waals surface area contributed by atoms with Crippen molar-refractivity contribution in [2.24, 2.45) is 0 Å². The molecule has 3 rings (SSSR count). The van der Waals surface area contributed by atoms with Crippen LogP contribution in [-0.4, -0.2) is 21.8 Å². The van der Waals surface area contributed by atoms with E-state index in [9.17, 15) is 8.42 Å². The summed E-state index contributed by atoms with van der Waals surface area (Å²) < 4.78 is 51.0. The lowest BCUT2D eigenvalue weighted by molar-refractivity contribution is 0.405. The second kappa shape index (κ2) is 8.08. The zero-order valence-electron chi connectivity index (χ0n) is 15.1. The van der Waals surface area contributed by atoms with Gasteiger partial charge in [0, 0.05) is 10.7 Å². The summed E-state index contributed by atoms with van der Waals surface area (Å²) in [6.07, 6.45) is 1.06. The van der Waals surface area contributed by atoms with Crippen LogP contribution in [-0.2, 0) is 10.0 Å². The van der Waals surface area contributed by atoms with Gasteiger partial charge >= 0.3 is 0 Å². The van der Waals surface area contributed by atoms with Gasteiger partial charge in [0.25, 0.3) is 0 Å². The van der Waals surface area contributed by atoms with E-state index in [-0.39, 0.29) is 11.3 Å². The lowest BCUT2D eigenvalue weighted by Crippen LogP contribution is -2.09. The number of hydrogen-bond donors (Lipinski definition) is 1. The Balaban J connectivity index is 1.94. The summed E-state index contributed by atoms with van der Waals surface area (Å²) in [7, 11) is -1.92. The number of sulfonamides is 1. The van der Waals surface area contributed by atoms with Crippen molar-refractivity contribution >= 4 is 27.3 Å². The number of ether oxygens (including phenoxy) is 2. The van der Waals surface area contributed by atoms with Crippen LogP contribution in [0.3, 0.4) is 0 Å². The normalized spacial score (nSPS) is 11.1. The molecule has 0 bridgehead atoms. The zero-order valence-corrected chi connectivity index (χ0v) is 16.6. The third-order valence-electron chi connectivity index (χ3n) is 3.79. The van der Waals surface area contributed by atoms with Gasteiger partial charge in [0.15, 0.2) is 11.6 Å².